The van der Waals surface area contributed by atoms with Crippen molar-refractivity contribution >= 4 is 0 Å². The molecule has 1 aromatic rings. The summed E-state index contributed by atoms with van der Waals surface area (Å²) in [5.74, 6) is 1.06. The normalized spacial score (nSPS) is 18.8. The predicted molar refractivity (Wildman–Crippen MR) is 64.2 cm³/mol. The van der Waals surface area contributed by atoms with E-state index < -0.39 is 0 Å². The Kier molecular flexibility index (Phi) is 3.78. The second kappa shape index (κ2) is 5.30. The van der Waals surface area contributed by atoms with Crippen molar-refractivity contribution in [2.24, 2.45) is 5.92 Å². The maximum absolute atomic E-state index is 9.12. The molecule has 0 saturated heterocycles. The fourth-order valence-electron chi connectivity index (χ4n) is 2.41. The summed E-state index contributed by atoms with van der Waals surface area (Å²) >= 11 is 0. The Morgan fingerprint density at radius 2 is 2.19 bits per heavy atom. The van der Waals surface area contributed by atoms with Crippen LogP contribution in [0.4, 0.5) is 0 Å². The van der Waals surface area contributed by atoms with Crippen molar-refractivity contribution in [1.29, 1.82) is 0 Å². The molecule has 1 aromatic heterocycles. The van der Waals surface area contributed by atoms with Gasteiger partial charge in [-0.05, 0) is 37.8 Å². The van der Waals surface area contributed by atoms with Crippen LogP contribution in [-0.2, 0) is 6.54 Å². The van der Waals surface area contributed by atoms with Gasteiger partial charge in [0.2, 0.25) is 0 Å². The molecular formula is C13H20N2O. The largest absolute Gasteiger partial charge is 0.506 e. The van der Waals surface area contributed by atoms with E-state index in [2.05, 4.69) is 17.2 Å². The van der Waals surface area contributed by atoms with Crippen molar-refractivity contribution in [1.82, 2.24) is 10.3 Å². The first-order valence-corrected chi connectivity index (χ1v) is 6.13. The number of nitrogens with zero attached hydrogens (tertiary/aromatic N) is 1. The Bertz CT molecular complexity index is 317. The van der Waals surface area contributed by atoms with Crippen LogP contribution in [0.5, 0.6) is 5.75 Å². The molecule has 3 nitrogen and oxygen atoms in total. The number of aromatic nitrogens is 1. The minimum Gasteiger partial charge on any atom is -0.506 e. The first-order chi connectivity index (χ1) is 7.75. The van der Waals surface area contributed by atoms with E-state index in [0.717, 1.165) is 18.2 Å². The third-order valence-corrected chi connectivity index (χ3v) is 3.52. The highest BCUT2D eigenvalue weighted by molar-refractivity contribution is 5.17. The van der Waals surface area contributed by atoms with Gasteiger partial charge in [0.05, 0.1) is 11.9 Å². The number of hydrogen-bond acceptors (Lipinski definition) is 3. The van der Waals surface area contributed by atoms with Gasteiger partial charge in [-0.1, -0.05) is 12.8 Å². The second-order valence-corrected chi connectivity index (χ2v) is 4.72. The molecule has 0 aromatic carbocycles. The molecule has 0 unspecified atom stereocenters. The lowest BCUT2D eigenvalue weighted by molar-refractivity contribution is 0.378. The van der Waals surface area contributed by atoms with Gasteiger partial charge in [0.25, 0.3) is 0 Å². The number of pyridine rings is 1. The van der Waals surface area contributed by atoms with E-state index in [-0.39, 0.29) is 5.75 Å². The van der Waals surface area contributed by atoms with Gasteiger partial charge in [-0.2, -0.15) is 0 Å². The fourth-order valence-corrected chi connectivity index (χ4v) is 2.41. The van der Waals surface area contributed by atoms with E-state index in [0.29, 0.717) is 6.04 Å². The standard InChI is InChI=1S/C13H20N2O/c1-10(11-4-2-3-5-11)14-8-12-6-7-13(16)9-15-12/h6-7,9-11,14,16H,2-5,8H2,1H3/t10-/m1/s1. The third kappa shape index (κ3) is 2.95. The topological polar surface area (TPSA) is 45.1 Å². The summed E-state index contributed by atoms with van der Waals surface area (Å²) in [6.45, 7) is 3.05. The van der Waals surface area contributed by atoms with Gasteiger partial charge in [-0.25, -0.2) is 0 Å². The van der Waals surface area contributed by atoms with Crippen molar-refractivity contribution in [3.8, 4) is 5.75 Å². The van der Waals surface area contributed by atoms with Crippen LogP contribution in [0.2, 0.25) is 0 Å². The Morgan fingerprint density at radius 3 is 2.81 bits per heavy atom. The molecule has 0 bridgehead atoms. The molecule has 1 aliphatic rings. The molecule has 0 spiro atoms. The fraction of sp³-hybridized carbons (Fsp3) is 0.615. The van der Waals surface area contributed by atoms with Crippen LogP contribution >= 0.6 is 0 Å². The summed E-state index contributed by atoms with van der Waals surface area (Å²) in [6.07, 6.45) is 6.98. The quantitative estimate of drug-likeness (QED) is 0.819. The van der Waals surface area contributed by atoms with Crippen molar-refractivity contribution in [3.05, 3.63) is 24.0 Å². The van der Waals surface area contributed by atoms with Gasteiger partial charge < -0.3 is 10.4 Å². The Balaban J connectivity index is 1.80. The lowest BCUT2D eigenvalue weighted by atomic mass is 10.00. The lowest BCUT2D eigenvalue weighted by Gasteiger charge is -2.20. The van der Waals surface area contributed by atoms with Crippen LogP contribution in [-0.4, -0.2) is 16.1 Å². The Labute approximate surface area is 96.9 Å². The van der Waals surface area contributed by atoms with Crippen LogP contribution in [0.3, 0.4) is 0 Å². The van der Waals surface area contributed by atoms with Crippen molar-refractivity contribution in [2.45, 2.75) is 45.2 Å². The molecule has 3 heteroatoms. The summed E-state index contributed by atoms with van der Waals surface area (Å²) in [5.41, 5.74) is 0.989. The third-order valence-electron chi connectivity index (χ3n) is 3.52. The maximum Gasteiger partial charge on any atom is 0.133 e. The van der Waals surface area contributed by atoms with E-state index in [1.54, 1.807) is 6.07 Å². The lowest BCUT2D eigenvalue weighted by Crippen LogP contribution is -2.31. The number of aromatic hydroxyl groups is 1. The average molecular weight is 220 g/mol. The summed E-state index contributed by atoms with van der Waals surface area (Å²) in [6, 6.07) is 4.12. The SMILES string of the molecule is C[C@@H](NCc1ccc(O)cn1)C1CCCC1. The van der Waals surface area contributed by atoms with Crippen LogP contribution in [0.15, 0.2) is 18.3 Å². The predicted octanol–water partition coefficient (Wildman–Crippen LogP) is 2.46. The molecule has 2 N–H and O–H groups in total. The zero-order valence-electron chi connectivity index (χ0n) is 9.82. The van der Waals surface area contributed by atoms with E-state index in [1.807, 2.05) is 6.07 Å². The van der Waals surface area contributed by atoms with Crippen LogP contribution in [0.1, 0.15) is 38.3 Å². The van der Waals surface area contributed by atoms with E-state index in [9.17, 15) is 0 Å². The molecule has 1 saturated carbocycles. The molecule has 16 heavy (non-hydrogen) atoms. The first-order valence-electron chi connectivity index (χ1n) is 6.13. The molecule has 1 aliphatic carbocycles. The number of rotatable bonds is 4. The van der Waals surface area contributed by atoms with Crippen molar-refractivity contribution in [3.63, 3.8) is 0 Å². The zero-order valence-corrected chi connectivity index (χ0v) is 9.82. The number of hydrogen-bond donors (Lipinski definition) is 2. The first kappa shape index (κ1) is 11.4. The highest BCUT2D eigenvalue weighted by Crippen LogP contribution is 2.27. The average Bonchev–Trinajstić information content (AvgIpc) is 2.81. The van der Waals surface area contributed by atoms with Gasteiger partial charge in [-0.15, -0.1) is 0 Å². The summed E-state index contributed by atoms with van der Waals surface area (Å²) in [5, 5.41) is 12.6. The Morgan fingerprint density at radius 1 is 1.44 bits per heavy atom. The molecule has 2 rings (SSSR count). The summed E-state index contributed by atoms with van der Waals surface area (Å²) in [4.78, 5) is 4.16. The number of nitrogens with one attached hydrogen (secondary N) is 1. The molecule has 0 aliphatic heterocycles. The molecule has 0 radical (unpaired) electrons. The Hall–Kier alpha value is -1.09. The van der Waals surface area contributed by atoms with E-state index >= 15 is 0 Å². The van der Waals surface area contributed by atoms with Crippen LogP contribution in [0.25, 0.3) is 0 Å². The minimum absolute atomic E-state index is 0.229. The molecule has 88 valence electrons. The summed E-state index contributed by atoms with van der Waals surface area (Å²) < 4.78 is 0. The smallest absolute Gasteiger partial charge is 0.133 e. The van der Waals surface area contributed by atoms with Gasteiger partial charge in [0.15, 0.2) is 0 Å². The molecule has 1 atom stereocenters. The van der Waals surface area contributed by atoms with E-state index in [1.165, 1.54) is 31.9 Å². The van der Waals surface area contributed by atoms with Gasteiger partial charge in [0.1, 0.15) is 5.75 Å². The molecular weight excluding hydrogens is 200 g/mol. The maximum atomic E-state index is 9.12. The van der Waals surface area contributed by atoms with E-state index in [4.69, 9.17) is 5.11 Å². The molecule has 0 amide bonds. The monoisotopic (exact) mass is 220 g/mol. The van der Waals surface area contributed by atoms with Crippen molar-refractivity contribution < 1.29 is 5.11 Å². The minimum atomic E-state index is 0.229. The summed E-state index contributed by atoms with van der Waals surface area (Å²) in [7, 11) is 0. The van der Waals surface area contributed by atoms with Gasteiger partial charge >= 0.3 is 0 Å². The highest BCUT2D eigenvalue weighted by atomic mass is 16.3. The zero-order chi connectivity index (χ0) is 11.4. The van der Waals surface area contributed by atoms with Crippen LogP contribution < -0.4 is 5.32 Å². The van der Waals surface area contributed by atoms with Crippen LogP contribution in [0, 0.1) is 5.92 Å². The second-order valence-electron chi connectivity index (χ2n) is 4.72. The molecule has 1 fully saturated rings. The van der Waals surface area contributed by atoms with Gasteiger partial charge in [-0.3, -0.25) is 4.98 Å². The van der Waals surface area contributed by atoms with Crippen molar-refractivity contribution in [2.75, 3.05) is 0 Å². The van der Waals surface area contributed by atoms with Gasteiger partial charge in [0, 0.05) is 12.6 Å². The molecule has 1 heterocycles. The highest BCUT2D eigenvalue weighted by Gasteiger charge is 2.20.